The number of aliphatic carboxylic acids is 1. The number of methoxy groups -OCH3 is 1. The van der Waals surface area contributed by atoms with Crippen LogP contribution in [0.25, 0.3) is 0 Å². The molecule has 150 valence electrons. The number of carboxylic acids is 1. The molecule has 1 unspecified atom stereocenters. The Morgan fingerprint density at radius 1 is 1.22 bits per heavy atom. The molecule has 27 heavy (non-hydrogen) atoms. The lowest BCUT2D eigenvalue weighted by molar-refractivity contribution is -0.140. The summed E-state index contributed by atoms with van der Waals surface area (Å²) < 4.78 is 31.8. The average molecular weight is 398 g/mol. The molecule has 2 N–H and O–H groups in total. The van der Waals surface area contributed by atoms with Gasteiger partial charge in [-0.3, -0.25) is 4.79 Å². The first-order valence-corrected chi connectivity index (χ1v) is 10.3. The van der Waals surface area contributed by atoms with E-state index in [0.717, 1.165) is 32.1 Å². The molecule has 1 atom stereocenters. The van der Waals surface area contributed by atoms with E-state index in [0.29, 0.717) is 0 Å². The summed E-state index contributed by atoms with van der Waals surface area (Å²) in [5.41, 5.74) is 0.177. The van der Waals surface area contributed by atoms with Crippen molar-refractivity contribution in [3.8, 4) is 0 Å². The fourth-order valence-corrected chi connectivity index (χ4v) is 4.58. The van der Waals surface area contributed by atoms with Crippen molar-refractivity contribution < 1.29 is 27.9 Å². The van der Waals surface area contributed by atoms with Gasteiger partial charge in [0.05, 0.1) is 11.5 Å². The summed E-state index contributed by atoms with van der Waals surface area (Å²) >= 11 is 0. The van der Waals surface area contributed by atoms with Crippen LogP contribution in [0.4, 0.5) is 0 Å². The molecule has 0 heterocycles. The van der Waals surface area contributed by atoms with Crippen LogP contribution in [-0.2, 0) is 19.6 Å². The van der Waals surface area contributed by atoms with Gasteiger partial charge in [0.25, 0.3) is 5.91 Å². The number of hydrogen-bond donors (Lipinski definition) is 2. The maximum atomic E-state index is 12.8. The van der Waals surface area contributed by atoms with E-state index in [1.54, 1.807) is 7.05 Å². The lowest BCUT2D eigenvalue weighted by atomic mass is 9.96. The van der Waals surface area contributed by atoms with Crippen LogP contribution in [0, 0.1) is 0 Å². The second kappa shape index (κ2) is 9.29. The van der Waals surface area contributed by atoms with Gasteiger partial charge in [-0.25, -0.2) is 13.2 Å². The van der Waals surface area contributed by atoms with E-state index in [-0.39, 0.29) is 23.1 Å². The predicted molar refractivity (Wildman–Crippen MR) is 99.0 cm³/mol. The number of ether oxygens (including phenoxy) is 1. The van der Waals surface area contributed by atoms with Crippen molar-refractivity contribution in [2.75, 3.05) is 20.8 Å². The van der Waals surface area contributed by atoms with Crippen LogP contribution in [0.1, 0.15) is 42.5 Å². The zero-order valence-electron chi connectivity index (χ0n) is 15.6. The van der Waals surface area contributed by atoms with Crippen LogP contribution in [-0.4, -0.2) is 62.6 Å². The highest BCUT2D eigenvalue weighted by molar-refractivity contribution is 7.89. The number of hydrogen-bond acceptors (Lipinski definition) is 5. The molecule has 0 aliphatic heterocycles. The Labute approximate surface area is 159 Å². The minimum absolute atomic E-state index is 0.00269. The molecular weight excluding hydrogens is 372 g/mol. The van der Waals surface area contributed by atoms with Crippen LogP contribution in [0.3, 0.4) is 0 Å². The molecule has 1 fully saturated rings. The first kappa shape index (κ1) is 21.3. The van der Waals surface area contributed by atoms with Crippen molar-refractivity contribution in [1.29, 1.82) is 0 Å². The Morgan fingerprint density at radius 2 is 1.81 bits per heavy atom. The van der Waals surface area contributed by atoms with Crippen LogP contribution < -0.4 is 5.32 Å². The van der Waals surface area contributed by atoms with Crippen molar-refractivity contribution in [1.82, 2.24) is 9.62 Å². The summed E-state index contributed by atoms with van der Waals surface area (Å²) in [5, 5.41) is 11.4. The number of benzene rings is 1. The highest BCUT2D eigenvalue weighted by atomic mass is 32.2. The summed E-state index contributed by atoms with van der Waals surface area (Å²) in [6.45, 7) is -0.167. The molecule has 0 radical (unpaired) electrons. The van der Waals surface area contributed by atoms with E-state index in [2.05, 4.69) is 5.32 Å². The van der Waals surface area contributed by atoms with Gasteiger partial charge in [-0.15, -0.1) is 0 Å². The number of carbonyl (C=O) groups excluding carboxylic acids is 1. The molecule has 0 aromatic heterocycles. The van der Waals surface area contributed by atoms with Gasteiger partial charge in [0.1, 0.15) is 0 Å². The molecule has 1 aliphatic carbocycles. The second-order valence-corrected chi connectivity index (χ2v) is 8.65. The minimum Gasteiger partial charge on any atom is -0.480 e. The summed E-state index contributed by atoms with van der Waals surface area (Å²) in [7, 11) is -0.709. The number of nitrogens with zero attached hydrogens (tertiary/aromatic N) is 1. The van der Waals surface area contributed by atoms with Crippen molar-refractivity contribution in [3.05, 3.63) is 29.8 Å². The SMILES string of the molecule is COCC(NC(=O)c1ccc(S(=O)(=O)N(C)C2CCCCC2)cc1)C(=O)O. The van der Waals surface area contributed by atoms with Crippen LogP contribution >= 0.6 is 0 Å². The van der Waals surface area contributed by atoms with E-state index >= 15 is 0 Å². The average Bonchev–Trinajstić information content (AvgIpc) is 2.67. The van der Waals surface area contributed by atoms with E-state index < -0.39 is 27.9 Å². The van der Waals surface area contributed by atoms with E-state index in [4.69, 9.17) is 9.84 Å². The van der Waals surface area contributed by atoms with Crippen molar-refractivity contribution >= 4 is 21.9 Å². The van der Waals surface area contributed by atoms with Crippen molar-refractivity contribution in [2.24, 2.45) is 0 Å². The number of nitrogens with one attached hydrogen (secondary N) is 1. The Morgan fingerprint density at radius 3 is 2.33 bits per heavy atom. The highest BCUT2D eigenvalue weighted by Gasteiger charge is 2.29. The van der Waals surface area contributed by atoms with Crippen LogP contribution in [0.5, 0.6) is 0 Å². The quantitative estimate of drug-likeness (QED) is 0.686. The number of amides is 1. The first-order valence-electron chi connectivity index (χ1n) is 8.88. The van der Waals surface area contributed by atoms with Crippen molar-refractivity contribution in [2.45, 2.75) is 49.1 Å². The Hall–Kier alpha value is -1.97. The zero-order chi connectivity index (χ0) is 20.0. The van der Waals surface area contributed by atoms with Gasteiger partial charge in [-0.05, 0) is 37.1 Å². The number of carbonyl (C=O) groups is 2. The molecule has 1 amide bonds. The molecule has 0 bridgehead atoms. The molecule has 1 saturated carbocycles. The van der Waals surface area contributed by atoms with Crippen LogP contribution in [0.2, 0.25) is 0 Å². The smallest absolute Gasteiger partial charge is 0.328 e. The van der Waals surface area contributed by atoms with E-state index in [1.165, 1.54) is 35.7 Å². The monoisotopic (exact) mass is 398 g/mol. The zero-order valence-corrected chi connectivity index (χ0v) is 16.4. The summed E-state index contributed by atoms with van der Waals surface area (Å²) in [5.74, 6) is -1.82. The minimum atomic E-state index is -3.64. The fourth-order valence-electron chi connectivity index (χ4n) is 3.17. The van der Waals surface area contributed by atoms with Crippen LogP contribution in [0.15, 0.2) is 29.2 Å². The fraction of sp³-hybridized carbons (Fsp3) is 0.556. The lowest BCUT2D eigenvalue weighted by Crippen LogP contribution is -2.43. The lowest BCUT2D eigenvalue weighted by Gasteiger charge is -2.30. The largest absolute Gasteiger partial charge is 0.480 e. The van der Waals surface area contributed by atoms with Gasteiger partial charge in [-0.1, -0.05) is 19.3 Å². The molecule has 1 aliphatic rings. The van der Waals surface area contributed by atoms with Gasteiger partial charge >= 0.3 is 5.97 Å². The van der Waals surface area contributed by atoms with Gasteiger partial charge in [-0.2, -0.15) is 4.31 Å². The topological polar surface area (TPSA) is 113 Å². The third kappa shape index (κ3) is 5.27. The van der Waals surface area contributed by atoms with Gasteiger partial charge < -0.3 is 15.2 Å². The highest BCUT2D eigenvalue weighted by Crippen LogP contribution is 2.26. The maximum Gasteiger partial charge on any atom is 0.328 e. The summed E-state index contributed by atoms with van der Waals surface area (Å²) in [6.07, 6.45) is 4.89. The standard InChI is InChI=1S/C18H26N2O6S/c1-20(14-6-4-3-5-7-14)27(24,25)15-10-8-13(9-11-15)17(21)19-16(12-26-2)18(22)23/h8-11,14,16H,3-7,12H2,1-2H3,(H,19,21)(H,22,23). The Kier molecular flexibility index (Phi) is 7.34. The molecule has 1 aromatic carbocycles. The molecule has 9 heteroatoms. The van der Waals surface area contributed by atoms with E-state index in [9.17, 15) is 18.0 Å². The van der Waals surface area contributed by atoms with Gasteiger partial charge in [0.15, 0.2) is 6.04 Å². The molecule has 0 spiro atoms. The number of rotatable bonds is 8. The number of sulfonamides is 1. The summed E-state index contributed by atoms with van der Waals surface area (Å²) in [6, 6.07) is 4.32. The third-order valence-corrected chi connectivity index (χ3v) is 6.74. The molecular formula is C18H26N2O6S. The normalized spacial score (nSPS) is 16.9. The Balaban J connectivity index is 2.11. The maximum absolute atomic E-state index is 12.8. The van der Waals surface area contributed by atoms with Gasteiger partial charge in [0, 0.05) is 25.8 Å². The molecule has 1 aromatic rings. The predicted octanol–water partition coefficient (Wildman–Crippen LogP) is 1.47. The van der Waals surface area contributed by atoms with Crippen molar-refractivity contribution in [3.63, 3.8) is 0 Å². The summed E-state index contributed by atoms with van der Waals surface area (Å²) in [4.78, 5) is 23.4. The number of carboxylic acid groups (broad SMARTS) is 1. The Bertz CT molecular complexity index is 757. The second-order valence-electron chi connectivity index (χ2n) is 6.66. The molecule has 0 saturated heterocycles. The van der Waals surface area contributed by atoms with Gasteiger partial charge in [0.2, 0.25) is 10.0 Å². The third-order valence-electron chi connectivity index (χ3n) is 4.82. The van der Waals surface area contributed by atoms with E-state index in [1.807, 2.05) is 0 Å². The molecule has 2 rings (SSSR count). The first-order chi connectivity index (χ1) is 12.8. The molecule has 8 nitrogen and oxygen atoms in total.